The Morgan fingerprint density at radius 3 is 2.58 bits per heavy atom. The first-order valence-corrected chi connectivity index (χ1v) is 11.2. The molecular weight excluding hydrogens is 420 g/mol. The van der Waals surface area contributed by atoms with Gasteiger partial charge >= 0.3 is 6.09 Å². The van der Waals surface area contributed by atoms with Crippen LogP contribution in [0.25, 0.3) is 16.6 Å². The summed E-state index contributed by atoms with van der Waals surface area (Å²) in [7, 11) is 0. The molecule has 1 amide bonds. The van der Waals surface area contributed by atoms with Crippen molar-refractivity contribution in [1.82, 2.24) is 19.8 Å². The average Bonchev–Trinajstić information content (AvgIpc) is 2.79. The van der Waals surface area contributed by atoms with Crippen LogP contribution in [-0.4, -0.2) is 52.4 Å². The second-order valence-electron chi connectivity index (χ2n) is 8.99. The lowest BCUT2D eigenvalue weighted by Gasteiger charge is -2.35. The number of nitrogens with zero attached hydrogens (tertiary/aromatic N) is 3. The van der Waals surface area contributed by atoms with Crippen molar-refractivity contribution < 1.29 is 14.3 Å². The molecule has 1 N–H and O–H groups in total. The Balaban J connectivity index is 1.77. The number of carbonyl (C=O) groups excluding carboxylic acids is 1. The first kappa shape index (κ1) is 22.8. The third-order valence-corrected chi connectivity index (χ3v) is 5.35. The van der Waals surface area contributed by atoms with E-state index < -0.39 is 5.60 Å². The van der Waals surface area contributed by atoms with Gasteiger partial charge in [0.1, 0.15) is 17.2 Å². The van der Waals surface area contributed by atoms with E-state index in [9.17, 15) is 9.59 Å². The predicted octanol–water partition coefficient (Wildman–Crippen LogP) is 3.67. The van der Waals surface area contributed by atoms with Gasteiger partial charge in [-0.25, -0.2) is 9.78 Å². The third-order valence-electron chi connectivity index (χ3n) is 5.35. The van der Waals surface area contributed by atoms with Gasteiger partial charge < -0.3 is 19.7 Å². The van der Waals surface area contributed by atoms with Gasteiger partial charge in [0.2, 0.25) is 0 Å². The summed E-state index contributed by atoms with van der Waals surface area (Å²) in [5.41, 5.74) is 0.572. The Bertz CT molecular complexity index is 1200. The molecule has 3 aromatic rings. The topological polar surface area (TPSA) is 85.7 Å². The molecular formula is C25H30N4O4. The molecule has 2 aromatic carbocycles. The molecule has 8 heteroatoms. The number of aromatic nitrogens is 2. The Morgan fingerprint density at radius 1 is 1.15 bits per heavy atom. The highest BCUT2D eigenvalue weighted by Gasteiger charge is 2.31. The molecule has 174 valence electrons. The maximum absolute atomic E-state index is 13.6. The maximum atomic E-state index is 13.6. The summed E-state index contributed by atoms with van der Waals surface area (Å²) in [5, 5.41) is 3.96. The molecule has 1 atom stereocenters. The van der Waals surface area contributed by atoms with E-state index in [2.05, 4.69) is 5.32 Å². The van der Waals surface area contributed by atoms with E-state index >= 15 is 0 Å². The first-order valence-electron chi connectivity index (χ1n) is 11.2. The number of benzene rings is 2. The molecule has 33 heavy (non-hydrogen) atoms. The van der Waals surface area contributed by atoms with Crippen LogP contribution in [0.2, 0.25) is 0 Å². The number of amides is 1. The van der Waals surface area contributed by atoms with Gasteiger partial charge in [-0.3, -0.25) is 9.36 Å². The van der Waals surface area contributed by atoms with E-state index in [-0.39, 0.29) is 17.7 Å². The molecule has 1 saturated heterocycles. The number of nitrogens with one attached hydrogen (secondary N) is 1. The lowest BCUT2D eigenvalue weighted by atomic mass is 10.1. The molecule has 0 radical (unpaired) electrons. The highest BCUT2D eigenvalue weighted by Crippen LogP contribution is 2.23. The van der Waals surface area contributed by atoms with Crippen molar-refractivity contribution >= 4 is 17.0 Å². The van der Waals surface area contributed by atoms with Crippen molar-refractivity contribution in [2.75, 3.05) is 26.2 Å². The number of piperazine rings is 1. The summed E-state index contributed by atoms with van der Waals surface area (Å²) in [6.45, 7) is 9.46. The smallest absolute Gasteiger partial charge is 0.410 e. The monoisotopic (exact) mass is 450 g/mol. The van der Waals surface area contributed by atoms with Crippen LogP contribution in [-0.2, 0) is 4.74 Å². The number of carbonyl (C=O) groups is 1. The molecule has 2 heterocycles. The number of hydrogen-bond donors (Lipinski definition) is 1. The largest absolute Gasteiger partial charge is 0.494 e. The van der Waals surface area contributed by atoms with Crippen molar-refractivity contribution in [3.8, 4) is 11.4 Å². The van der Waals surface area contributed by atoms with Gasteiger partial charge in [-0.05, 0) is 64.1 Å². The Morgan fingerprint density at radius 2 is 1.88 bits per heavy atom. The zero-order chi connectivity index (χ0) is 23.6. The van der Waals surface area contributed by atoms with E-state index in [1.807, 2.05) is 70.2 Å². The van der Waals surface area contributed by atoms with E-state index in [1.54, 1.807) is 15.5 Å². The Labute approximate surface area is 193 Å². The van der Waals surface area contributed by atoms with Crippen LogP contribution in [0.5, 0.6) is 5.75 Å². The Hall–Kier alpha value is -3.39. The second-order valence-corrected chi connectivity index (χ2v) is 8.99. The van der Waals surface area contributed by atoms with Crippen LogP contribution >= 0.6 is 0 Å². The van der Waals surface area contributed by atoms with Crippen molar-refractivity contribution in [2.24, 2.45) is 0 Å². The van der Waals surface area contributed by atoms with Crippen LogP contribution in [0.4, 0.5) is 4.79 Å². The van der Waals surface area contributed by atoms with Gasteiger partial charge in [-0.2, -0.15) is 0 Å². The van der Waals surface area contributed by atoms with Gasteiger partial charge in [-0.1, -0.05) is 12.1 Å². The molecule has 1 unspecified atom stereocenters. The molecule has 1 aliphatic heterocycles. The van der Waals surface area contributed by atoms with E-state index in [0.29, 0.717) is 48.7 Å². The quantitative estimate of drug-likeness (QED) is 0.653. The molecule has 0 spiro atoms. The summed E-state index contributed by atoms with van der Waals surface area (Å²) in [6.07, 6.45) is -0.371. The van der Waals surface area contributed by atoms with Gasteiger partial charge in [-0.15, -0.1) is 0 Å². The molecule has 0 saturated carbocycles. The number of ether oxygens (including phenoxy) is 2. The lowest BCUT2D eigenvalue weighted by molar-refractivity contribution is 0.0191. The minimum absolute atomic E-state index is 0.157. The van der Waals surface area contributed by atoms with Gasteiger partial charge in [0, 0.05) is 19.6 Å². The van der Waals surface area contributed by atoms with Crippen LogP contribution < -0.4 is 15.6 Å². The van der Waals surface area contributed by atoms with E-state index in [0.717, 1.165) is 5.75 Å². The maximum Gasteiger partial charge on any atom is 0.410 e. The zero-order valence-corrected chi connectivity index (χ0v) is 19.5. The average molecular weight is 451 g/mol. The number of para-hydroxylation sites is 1. The van der Waals surface area contributed by atoms with Crippen LogP contribution in [0, 0.1) is 0 Å². The highest BCUT2D eigenvalue weighted by molar-refractivity contribution is 5.78. The first-order chi connectivity index (χ1) is 15.8. The van der Waals surface area contributed by atoms with Gasteiger partial charge in [0.05, 0.1) is 29.2 Å². The van der Waals surface area contributed by atoms with Crippen molar-refractivity contribution in [2.45, 2.75) is 39.3 Å². The Kier molecular flexibility index (Phi) is 6.37. The van der Waals surface area contributed by atoms with Gasteiger partial charge in [0.15, 0.2) is 0 Å². The van der Waals surface area contributed by atoms with E-state index in [4.69, 9.17) is 14.5 Å². The fraction of sp³-hybridized carbons (Fsp3) is 0.400. The zero-order valence-electron chi connectivity index (χ0n) is 19.5. The summed E-state index contributed by atoms with van der Waals surface area (Å²) in [5.74, 6) is 1.28. The second kappa shape index (κ2) is 9.23. The van der Waals surface area contributed by atoms with Crippen LogP contribution in [0.15, 0.2) is 53.3 Å². The summed E-state index contributed by atoms with van der Waals surface area (Å²) < 4.78 is 12.7. The molecule has 1 fully saturated rings. The SMILES string of the molecule is CCOc1ccc(-n2c(C3CN(C(=O)OC(C)(C)C)CCN3)nc3ccccc3c2=O)cc1. The standard InChI is InChI=1S/C25H30N4O4/c1-5-32-18-12-10-17(11-13-18)29-22(27-20-9-7-6-8-19(20)23(29)30)21-16-28(15-14-26-21)24(31)33-25(2,3)4/h6-13,21,26H,5,14-16H2,1-4H3. The molecule has 8 nitrogen and oxygen atoms in total. The van der Waals surface area contributed by atoms with Crippen molar-refractivity contribution in [3.05, 3.63) is 64.7 Å². The third kappa shape index (κ3) is 5.01. The fourth-order valence-corrected chi connectivity index (χ4v) is 3.91. The summed E-state index contributed by atoms with van der Waals surface area (Å²) >= 11 is 0. The normalized spacial score (nSPS) is 16.6. The lowest BCUT2D eigenvalue weighted by Crippen LogP contribution is -2.51. The van der Waals surface area contributed by atoms with E-state index in [1.165, 1.54) is 0 Å². The minimum atomic E-state index is -0.580. The van der Waals surface area contributed by atoms with Gasteiger partial charge in [0.25, 0.3) is 5.56 Å². The van der Waals surface area contributed by atoms with Crippen molar-refractivity contribution in [3.63, 3.8) is 0 Å². The molecule has 1 aromatic heterocycles. The van der Waals surface area contributed by atoms with Crippen LogP contribution in [0.1, 0.15) is 39.6 Å². The fourth-order valence-electron chi connectivity index (χ4n) is 3.91. The molecule has 4 rings (SSSR count). The molecule has 1 aliphatic rings. The summed E-state index contributed by atoms with van der Waals surface area (Å²) in [6, 6.07) is 14.3. The minimum Gasteiger partial charge on any atom is -0.494 e. The highest BCUT2D eigenvalue weighted by atomic mass is 16.6. The number of hydrogen-bond acceptors (Lipinski definition) is 6. The van der Waals surface area contributed by atoms with Crippen LogP contribution in [0.3, 0.4) is 0 Å². The molecule has 0 aliphatic carbocycles. The number of rotatable bonds is 4. The number of fused-ring (bicyclic) bond motifs is 1. The summed E-state index contributed by atoms with van der Waals surface area (Å²) in [4.78, 5) is 32.8. The van der Waals surface area contributed by atoms with Crippen molar-refractivity contribution in [1.29, 1.82) is 0 Å². The molecule has 0 bridgehead atoms. The predicted molar refractivity (Wildman–Crippen MR) is 127 cm³/mol.